The average Bonchev–Trinajstić information content (AvgIpc) is 3.08. The number of carbonyl (C=O) groups excluding carboxylic acids is 1. The van der Waals surface area contributed by atoms with Crippen molar-refractivity contribution in [3.05, 3.63) is 35.4 Å². The Kier molecular flexibility index (Phi) is 3.73. The normalized spacial score (nSPS) is 15.1. The van der Waals surface area contributed by atoms with Gasteiger partial charge in [-0.1, -0.05) is 36.6 Å². The number of hydrogen-bond acceptors (Lipinski definition) is 2. The summed E-state index contributed by atoms with van der Waals surface area (Å²) < 4.78 is 5.39. The average molecular weight is 218 g/mol. The highest BCUT2D eigenvalue weighted by atomic mass is 16.5. The standard InChI is InChI=1S/C14H18O2/c1-11-3-2-4-13(9-11)14(15)10-16-8-7-12-5-6-12/h2-4,9,12H,5-8,10H2,1H3. The monoisotopic (exact) mass is 218 g/mol. The highest BCUT2D eigenvalue weighted by molar-refractivity contribution is 5.97. The summed E-state index contributed by atoms with van der Waals surface area (Å²) in [5.41, 5.74) is 1.87. The Morgan fingerprint density at radius 1 is 1.44 bits per heavy atom. The Balaban J connectivity index is 1.73. The van der Waals surface area contributed by atoms with Crippen molar-refractivity contribution < 1.29 is 9.53 Å². The molecule has 0 unspecified atom stereocenters. The molecular weight excluding hydrogens is 200 g/mol. The van der Waals surface area contributed by atoms with Gasteiger partial charge in [0.1, 0.15) is 6.61 Å². The van der Waals surface area contributed by atoms with E-state index >= 15 is 0 Å². The number of benzene rings is 1. The zero-order valence-corrected chi connectivity index (χ0v) is 9.74. The number of ketones is 1. The third-order valence-corrected chi connectivity index (χ3v) is 2.94. The quantitative estimate of drug-likeness (QED) is 0.542. The van der Waals surface area contributed by atoms with E-state index in [1.165, 1.54) is 12.8 Å². The summed E-state index contributed by atoms with van der Waals surface area (Å²) >= 11 is 0. The predicted molar refractivity (Wildman–Crippen MR) is 63.7 cm³/mol. The van der Waals surface area contributed by atoms with Gasteiger partial charge in [0, 0.05) is 12.2 Å². The van der Waals surface area contributed by atoms with Gasteiger partial charge in [-0.25, -0.2) is 0 Å². The Morgan fingerprint density at radius 2 is 2.25 bits per heavy atom. The smallest absolute Gasteiger partial charge is 0.188 e. The minimum absolute atomic E-state index is 0.0829. The zero-order valence-electron chi connectivity index (χ0n) is 9.74. The third-order valence-electron chi connectivity index (χ3n) is 2.94. The number of carbonyl (C=O) groups is 1. The largest absolute Gasteiger partial charge is 0.373 e. The van der Waals surface area contributed by atoms with Crippen molar-refractivity contribution in [2.24, 2.45) is 5.92 Å². The first-order valence-corrected chi connectivity index (χ1v) is 5.93. The van der Waals surface area contributed by atoms with Crippen molar-refractivity contribution in [3.8, 4) is 0 Å². The number of ether oxygens (including phenoxy) is 1. The van der Waals surface area contributed by atoms with E-state index in [2.05, 4.69) is 0 Å². The van der Waals surface area contributed by atoms with E-state index in [9.17, 15) is 4.79 Å². The lowest BCUT2D eigenvalue weighted by Gasteiger charge is -2.03. The molecule has 0 aliphatic heterocycles. The first-order valence-electron chi connectivity index (χ1n) is 5.93. The molecule has 2 rings (SSSR count). The van der Waals surface area contributed by atoms with Crippen LogP contribution in [-0.2, 0) is 4.74 Å². The molecule has 2 nitrogen and oxygen atoms in total. The molecule has 0 amide bonds. The zero-order chi connectivity index (χ0) is 11.4. The minimum Gasteiger partial charge on any atom is -0.373 e. The lowest BCUT2D eigenvalue weighted by Crippen LogP contribution is -2.10. The molecule has 1 aromatic rings. The molecule has 0 radical (unpaired) electrons. The number of hydrogen-bond donors (Lipinski definition) is 0. The second kappa shape index (κ2) is 5.26. The fraction of sp³-hybridized carbons (Fsp3) is 0.500. The fourth-order valence-electron chi connectivity index (χ4n) is 1.72. The number of aryl methyl sites for hydroxylation is 1. The molecule has 0 bridgehead atoms. The first kappa shape index (κ1) is 11.3. The van der Waals surface area contributed by atoms with Crippen LogP contribution in [0.25, 0.3) is 0 Å². The number of rotatable bonds is 6. The molecule has 16 heavy (non-hydrogen) atoms. The lowest BCUT2D eigenvalue weighted by atomic mass is 10.1. The molecule has 0 saturated heterocycles. The number of Topliss-reactive ketones (excluding diaryl/α,β-unsaturated/α-hetero) is 1. The fourth-order valence-corrected chi connectivity index (χ4v) is 1.72. The van der Waals surface area contributed by atoms with Crippen molar-refractivity contribution in [2.45, 2.75) is 26.2 Å². The van der Waals surface area contributed by atoms with Crippen LogP contribution in [0.5, 0.6) is 0 Å². The Hall–Kier alpha value is -1.15. The molecule has 0 atom stereocenters. The van der Waals surface area contributed by atoms with Gasteiger partial charge in [0.05, 0.1) is 0 Å². The van der Waals surface area contributed by atoms with E-state index in [4.69, 9.17) is 4.74 Å². The summed E-state index contributed by atoms with van der Waals surface area (Å²) in [4.78, 5) is 11.7. The SMILES string of the molecule is Cc1cccc(C(=O)COCCC2CC2)c1. The van der Waals surface area contributed by atoms with Gasteiger partial charge < -0.3 is 4.74 Å². The highest BCUT2D eigenvalue weighted by Gasteiger charge is 2.20. The molecule has 1 aliphatic rings. The molecule has 86 valence electrons. The molecule has 0 spiro atoms. The van der Waals surface area contributed by atoms with Crippen molar-refractivity contribution in [2.75, 3.05) is 13.2 Å². The van der Waals surface area contributed by atoms with Gasteiger partial charge in [-0.15, -0.1) is 0 Å². The molecule has 1 aromatic carbocycles. The van der Waals surface area contributed by atoms with E-state index < -0.39 is 0 Å². The molecular formula is C14H18O2. The van der Waals surface area contributed by atoms with E-state index in [0.717, 1.165) is 30.1 Å². The van der Waals surface area contributed by atoms with Crippen LogP contribution in [0.15, 0.2) is 24.3 Å². The third kappa shape index (κ3) is 3.46. The van der Waals surface area contributed by atoms with Crippen LogP contribution in [-0.4, -0.2) is 19.0 Å². The van der Waals surface area contributed by atoms with Gasteiger partial charge in [-0.2, -0.15) is 0 Å². The molecule has 1 saturated carbocycles. The van der Waals surface area contributed by atoms with Crippen molar-refractivity contribution in [1.82, 2.24) is 0 Å². The predicted octanol–water partition coefficient (Wildman–Crippen LogP) is 2.99. The molecule has 1 aliphatic carbocycles. The molecule has 0 aromatic heterocycles. The lowest BCUT2D eigenvalue weighted by molar-refractivity contribution is 0.0748. The Bertz CT molecular complexity index is 367. The van der Waals surface area contributed by atoms with Gasteiger partial charge in [-0.05, 0) is 25.3 Å². The van der Waals surface area contributed by atoms with Gasteiger partial charge in [0.2, 0.25) is 0 Å². The molecule has 2 heteroatoms. The summed E-state index contributed by atoms with van der Waals surface area (Å²) in [6, 6.07) is 7.66. The van der Waals surface area contributed by atoms with Crippen LogP contribution < -0.4 is 0 Å². The Labute approximate surface area is 96.6 Å². The second-order valence-corrected chi connectivity index (χ2v) is 4.58. The maximum Gasteiger partial charge on any atom is 0.188 e. The van der Waals surface area contributed by atoms with Gasteiger partial charge in [-0.3, -0.25) is 4.79 Å². The maximum absolute atomic E-state index is 11.7. The van der Waals surface area contributed by atoms with Gasteiger partial charge >= 0.3 is 0 Å². The molecule has 1 fully saturated rings. The van der Waals surface area contributed by atoms with Crippen LogP contribution in [0.1, 0.15) is 35.2 Å². The summed E-state index contributed by atoms with van der Waals surface area (Å²) in [6.45, 7) is 2.93. The maximum atomic E-state index is 11.7. The van der Waals surface area contributed by atoms with Crippen LogP contribution in [0.3, 0.4) is 0 Å². The molecule has 0 heterocycles. The van der Waals surface area contributed by atoms with Crippen molar-refractivity contribution in [3.63, 3.8) is 0 Å². The van der Waals surface area contributed by atoms with Crippen molar-refractivity contribution >= 4 is 5.78 Å². The summed E-state index contributed by atoms with van der Waals surface area (Å²) in [6.07, 6.45) is 3.80. The van der Waals surface area contributed by atoms with E-state index in [0.29, 0.717) is 0 Å². The highest BCUT2D eigenvalue weighted by Crippen LogP contribution is 2.32. The van der Waals surface area contributed by atoms with Crippen LogP contribution in [0.2, 0.25) is 0 Å². The summed E-state index contributed by atoms with van der Waals surface area (Å²) in [5, 5.41) is 0. The van der Waals surface area contributed by atoms with E-state index in [1.54, 1.807) is 0 Å². The second-order valence-electron chi connectivity index (χ2n) is 4.58. The van der Waals surface area contributed by atoms with Crippen LogP contribution in [0.4, 0.5) is 0 Å². The van der Waals surface area contributed by atoms with Crippen LogP contribution >= 0.6 is 0 Å². The first-order chi connectivity index (χ1) is 7.75. The van der Waals surface area contributed by atoms with E-state index in [1.807, 2.05) is 31.2 Å². The van der Waals surface area contributed by atoms with E-state index in [-0.39, 0.29) is 12.4 Å². The minimum atomic E-state index is 0.0829. The Morgan fingerprint density at radius 3 is 2.94 bits per heavy atom. The summed E-state index contributed by atoms with van der Waals surface area (Å²) in [7, 11) is 0. The van der Waals surface area contributed by atoms with Crippen molar-refractivity contribution in [1.29, 1.82) is 0 Å². The topological polar surface area (TPSA) is 26.3 Å². The van der Waals surface area contributed by atoms with Gasteiger partial charge in [0.25, 0.3) is 0 Å². The van der Waals surface area contributed by atoms with Crippen LogP contribution in [0, 0.1) is 12.8 Å². The molecule has 0 N–H and O–H groups in total. The van der Waals surface area contributed by atoms with Gasteiger partial charge in [0.15, 0.2) is 5.78 Å². The summed E-state index contributed by atoms with van der Waals surface area (Å²) in [5.74, 6) is 0.952.